The molecular formula is C16H22N7+. The topological polar surface area (TPSA) is 82.8 Å². The lowest BCUT2D eigenvalue weighted by molar-refractivity contribution is -0.104. The number of hydrogen-bond donors (Lipinski definition) is 2. The summed E-state index contributed by atoms with van der Waals surface area (Å²) in [6.45, 7) is 4.51. The molecule has 3 N–H and O–H groups in total. The van der Waals surface area contributed by atoms with Crippen LogP contribution >= 0.6 is 0 Å². The van der Waals surface area contributed by atoms with E-state index in [1.165, 1.54) is 0 Å². The highest BCUT2D eigenvalue weighted by Crippen LogP contribution is 2.22. The zero-order valence-corrected chi connectivity index (χ0v) is 13.3. The monoisotopic (exact) mass is 312 g/mol. The summed E-state index contributed by atoms with van der Waals surface area (Å²) in [7, 11) is 2.13. The van der Waals surface area contributed by atoms with Gasteiger partial charge in [0.15, 0.2) is 6.21 Å². The molecule has 7 nitrogen and oxygen atoms in total. The maximum atomic E-state index is 5.86. The molecule has 0 unspecified atom stereocenters. The van der Waals surface area contributed by atoms with Gasteiger partial charge in [-0.2, -0.15) is 0 Å². The van der Waals surface area contributed by atoms with Crippen LogP contribution in [0.3, 0.4) is 0 Å². The second-order valence-corrected chi connectivity index (χ2v) is 5.59. The third-order valence-electron chi connectivity index (χ3n) is 4.00. The largest absolute Gasteiger partial charge is 0.364 e. The van der Waals surface area contributed by atoms with Crippen LogP contribution in [-0.2, 0) is 6.54 Å². The highest BCUT2D eigenvalue weighted by atomic mass is 15.3. The second kappa shape index (κ2) is 7.15. The Morgan fingerprint density at radius 2 is 2.00 bits per heavy atom. The van der Waals surface area contributed by atoms with Gasteiger partial charge in [0, 0.05) is 32.4 Å². The standard InChI is InChI=1S/C16H21N7/c1-22-6-8-23(9-7-22)16-14(10-17)15(20-12-21-16)19-11-13-4-2-3-5-18-13/h2-5,10,12,17H,6-9,11H2,1H3,(H,19,20,21)/p+1. The third kappa shape index (κ3) is 3.62. The number of nitrogens with one attached hydrogen (secondary N) is 1. The molecule has 1 aliphatic heterocycles. The molecule has 0 saturated carbocycles. The van der Waals surface area contributed by atoms with E-state index < -0.39 is 0 Å². The number of piperazine rings is 1. The van der Waals surface area contributed by atoms with Gasteiger partial charge in [0.25, 0.3) is 0 Å². The van der Waals surface area contributed by atoms with Crippen molar-refractivity contribution in [1.82, 2.24) is 19.9 Å². The number of pyridine rings is 1. The van der Waals surface area contributed by atoms with Crippen molar-refractivity contribution in [2.24, 2.45) is 0 Å². The van der Waals surface area contributed by atoms with Crippen molar-refractivity contribution in [1.29, 1.82) is 0 Å². The van der Waals surface area contributed by atoms with Gasteiger partial charge < -0.3 is 15.1 Å². The summed E-state index contributed by atoms with van der Waals surface area (Å²) in [5.41, 5.74) is 1.79. The molecular weight excluding hydrogens is 290 g/mol. The molecule has 3 heterocycles. The number of nitrogens with zero attached hydrogens (tertiary/aromatic N) is 5. The first-order chi connectivity index (χ1) is 11.3. The highest BCUT2D eigenvalue weighted by Gasteiger charge is 2.21. The van der Waals surface area contributed by atoms with Crippen LogP contribution in [0.5, 0.6) is 0 Å². The number of nitrogens with two attached hydrogens (primary N) is 1. The van der Waals surface area contributed by atoms with Crippen molar-refractivity contribution in [3.8, 4) is 0 Å². The van der Waals surface area contributed by atoms with Crippen molar-refractivity contribution in [3.63, 3.8) is 0 Å². The molecule has 7 heteroatoms. The summed E-state index contributed by atoms with van der Waals surface area (Å²) in [6, 6.07) is 5.84. The van der Waals surface area contributed by atoms with Crippen LogP contribution in [0, 0.1) is 0 Å². The van der Waals surface area contributed by atoms with Crippen molar-refractivity contribution in [3.05, 3.63) is 42.0 Å². The molecule has 120 valence electrons. The van der Waals surface area contributed by atoms with E-state index in [4.69, 9.17) is 5.41 Å². The Morgan fingerprint density at radius 3 is 2.70 bits per heavy atom. The van der Waals surface area contributed by atoms with E-state index in [9.17, 15) is 0 Å². The Labute approximate surface area is 135 Å². The van der Waals surface area contributed by atoms with Gasteiger partial charge in [-0.15, -0.1) is 0 Å². The average molecular weight is 312 g/mol. The summed E-state index contributed by atoms with van der Waals surface area (Å²) >= 11 is 0. The van der Waals surface area contributed by atoms with E-state index in [-0.39, 0.29) is 0 Å². The lowest BCUT2D eigenvalue weighted by Gasteiger charge is -2.33. The minimum atomic E-state index is 0.598. The first-order valence-corrected chi connectivity index (χ1v) is 7.75. The highest BCUT2D eigenvalue weighted by molar-refractivity contribution is 5.89. The molecule has 0 spiro atoms. The smallest absolute Gasteiger partial charge is 0.174 e. The summed E-state index contributed by atoms with van der Waals surface area (Å²) < 4.78 is 0. The van der Waals surface area contributed by atoms with Crippen LogP contribution in [0.2, 0.25) is 0 Å². The fourth-order valence-corrected chi connectivity index (χ4v) is 2.63. The van der Waals surface area contributed by atoms with Gasteiger partial charge in [0.05, 0.1) is 12.2 Å². The average Bonchev–Trinajstić information content (AvgIpc) is 2.61. The Balaban J connectivity index is 1.78. The van der Waals surface area contributed by atoms with Crippen molar-refractivity contribution >= 4 is 17.9 Å². The predicted octanol–water partition coefficient (Wildman–Crippen LogP) is -0.586. The molecule has 1 fully saturated rings. The summed E-state index contributed by atoms with van der Waals surface area (Å²) in [6.07, 6.45) is 4.94. The Hall–Kier alpha value is -2.54. The van der Waals surface area contributed by atoms with Crippen LogP contribution < -0.4 is 15.6 Å². The van der Waals surface area contributed by atoms with Crippen molar-refractivity contribution in [2.45, 2.75) is 6.54 Å². The Morgan fingerprint density at radius 1 is 1.17 bits per heavy atom. The normalized spacial score (nSPS) is 15.4. The fraction of sp³-hybridized carbons (Fsp3) is 0.375. The third-order valence-corrected chi connectivity index (χ3v) is 4.00. The zero-order chi connectivity index (χ0) is 16.1. The lowest BCUT2D eigenvalue weighted by Crippen LogP contribution is -2.45. The minimum absolute atomic E-state index is 0.598. The molecule has 2 aromatic heterocycles. The maximum Gasteiger partial charge on any atom is 0.174 e. The molecule has 1 aliphatic rings. The number of likely N-dealkylation sites (N-methyl/N-ethyl adjacent to an activating group) is 1. The number of hydrogen-bond acceptors (Lipinski definition) is 6. The zero-order valence-electron chi connectivity index (χ0n) is 13.3. The van der Waals surface area contributed by atoms with E-state index >= 15 is 0 Å². The first-order valence-electron chi connectivity index (χ1n) is 7.75. The fourth-order valence-electron chi connectivity index (χ4n) is 2.63. The van der Waals surface area contributed by atoms with E-state index in [0.717, 1.165) is 49.1 Å². The lowest BCUT2D eigenvalue weighted by atomic mass is 10.2. The minimum Gasteiger partial charge on any atom is -0.364 e. The molecule has 2 aromatic rings. The molecule has 0 atom stereocenters. The van der Waals surface area contributed by atoms with E-state index in [2.05, 4.69) is 37.1 Å². The molecule has 0 aliphatic carbocycles. The molecule has 23 heavy (non-hydrogen) atoms. The molecule has 0 bridgehead atoms. The molecule has 0 amide bonds. The van der Waals surface area contributed by atoms with Gasteiger partial charge in [0.1, 0.15) is 23.5 Å². The second-order valence-electron chi connectivity index (χ2n) is 5.59. The van der Waals surface area contributed by atoms with E-state index in [0.29, 0.717) is 6.54 Å². The van der Waals surface area contributed by atoms with Crippen LogP contribution in [0.15, 0.2) is 30.7 Å². The number of rotatable bonds is 5. The van der Waals surface area contributed by atoms with Crippen LogP contribution in [0.25, 0.3) is 0 Å². The van der Waals surface area contributed by atoms with Gasteiger partial charge in [-0.05, 0) is 19.2 Å². The summed E-state index contributed by atoms with van der Waals surface area (Å²) in [4.78, 5) is 17.7. The molecule has 0 radical (unpaired) electrons. The Kier molecular flexibility index (Phi) is 4.77. The van der Waals surface area contributed by atoms with Gasteiger partial charge >= 0.3 is 0 Å². The molecule has 3 rings (SSSR count). The number of anilines is 2. The molecule has 0 aromatic carbocycles. The Bertz CT molecular complexity index is 651. The van der Waals surface area contributed by atoms with Crippen LogP contribution in [0.1, 0.15) is 11.3 Å². The van der Waals surface area contributed by atoms with Crippen LogP contribution in [0.4, 0.5) is 11.6 Å². The molecule has 1 saturated heterocycles. The van der Waals surface area contributed by atoms with Gasteiger partial charge in [-0.1, -0.05) is 6.07 Å². The summed E-state index contributed by atoms with van der Waals surface area (Å²) in [5, 5.41) is 9.16. The van der Waals surface area contributed by atoms with E-state index in [1.807, 2.05) is 18.2 Å². The SMILES string of the molecule is CN1CCN(c2ncnc(NCc3ccccn3)c2C=[NH2+])CC1. The summed E-state index contributed by atoms with van der Waals surface area (Å²) in [5.74, 6) is 1.63. The number of aromatic nitrogens is 3. The maximum absolute atomic E-state index is 5.86. The predicted molar refractivity (Wildman–Crippen MR) is 90.4 cm³/mol. The van der Waals surface area contributed by atoms with Crippen molar-refractivity contribution in [2.75, 3.05) is 43.4 Å². The van der Waals surface area contributed by atoms with E-state index in [1.54, 1.807) is 18.7 Å². The van der Waals surface area contributed by atoms with Gasteiger partial charge in [0.2, 0.25) is 0 Å². The van der Waals surface area contributed by atoms with Crippen molar-refractivity contribution < 1.29 is 5.41 Å². The quantitative estimate of drug-likeness (QED) is 0.719. The van der Waals surface area contributed by atoms with Crippen LogP contribution in [-0.4, -0.2) is 59.3 Å². The van der Waals surface area contributed by atoms with Gasteiger partial charge in [-0.3, -0.25) is 10.4 Å². The first kappa shape index (κ1) is 15.4. The van der Waals surface area contributed by atoms with Gasteiger partial charge in [-0.25, -0.2) is 9.97 Å².